The molecular formula is C20H32O5. The maximum atomic E-state index is 11.7. The van der Waals surface area contributed by atoms with Crippen molar-refractivity contribution in [2.75, 3.05) is 0 Å². The molecule has 0 aromatic rings. The molecule has 25 heavy (non-hydrogen) atoms. The Morgan fingerprint density at radius 3 is 1.60 bits per heavy atom. The third-order valence-electron chi connectivity index (χ3n) is 2.74. The van der Waals surface area contributed by atoms with E-state index in [0.717, 1.165) is 0 Å². The van der Waals surface area contributed by atoms with E-state index >= 15 is 0 Å². The fourth-order valence-electron chi connectivity index (χ4n) is 1.82. The molecule has 0 rings (SSSR count). The van der Waals surface area contributed by atoms with Gasteiger partial charge in [0.15, 0.2) is 0 Å². The van der Waals surface area contributed by atoms with Crippen molar-refractivity contribution >= 4 is 17.7 Å². The number of hydrogen-bond acceptors (Lipinski definition) is 5. The smallest absolute Gasteiger partial charge is 0.330 e. The van der Waals surface area contributed by atoms with E-state index in [2.05, 4.69) is 0 Å². The number of Topliss-reactive ketones (excluding diaryl/α,β-unsaturated/α-hetero) is 1. The van der Waals surface area contributed by atoms with Crippen LogP contribution in [0.5, 0.6) is 0 Å². The molecule has 0 aromatic carbocycles. The van der Waals surface area contributed by atoms with Gasteiger partial charge in [-0.25, -0.2) is 9.59 Å². The van der Waals surface area contributed by atoms with E-state index < -0.39 is 17.2 Å². The van der Waals surface area contributed by atoms with Crippen molar-refractivity contribution in [2.24, 2.45) is 0 Å². The fraction of sp³-hybridized carbons (Fsp3) is 0.650. The molecule has 5 heteroatoms. The molecule has 0 fully saturated rings. The van der Waals surface area contributed by atoms with Gasteiger partial charge in [0.2, 0.25) is 0 Å². The summed E-state index contributed by atoms with van der Waals surface area (Å²) in [4.78, 5) is 34.6. The second kappa shape index (κ2) is 10.9. The number of rotatable bonds is 9. The molecule has 0 saturated carbocycles. The van der Waals surface area contributed by atoms with Gasteiger partial charge in [0.25, 0.3) is 0 Å². The molecule has 0 spiro atoms. The number of ether oxygens (including phenoxy) is 2. The average molecular weight is 352 g/mol. The first-order valence-electron chi connectivity index (χ1n) is 8.70. The van der Waals surface area contributed by atoms with E-state index in [9.17, 15) is 14.4 Å². The lowest BCUT2D eigenvalue weighted by molar-refractivity contribution is -0.149. The number of carbonyl (C=O) groups excluding carboxylic acids is 3. The maximum Gasteiger partial charge on any atom is 0.330 e. The average Bonchev–Trinajstić information content (AvgIpc) is 2.39. The molecule has 0 aliphatic heterocycles. The molecule has 0 aliphatic rings. The summed E-state index contributed by atoms with van der Waals surface area (Å²) in [5.41, 5.74) is -1.01. The Labute approximate surface area is 151 Å². The SMILES string of the molecule is CC(C)(C)OC(=O)/C=C/CCCC(=O)CC/C=C/C(=O)OC(C)(C)C. The Bertz CT molecular complexity index is 501. The van der Waals surface area contributed by atoms with E-state index in [1.54, 1.807) is 32.9 Å². The standard InChI is InChI=1S/C20H32O5/c1-19(2,3)24-17(22)14-9-7-8-12-16(21)13-10-11-15-18(23)25-20(4,5)6/h9,11,14-15H,7-8,10,12-13H2,1-6H3/b14-9+,15-11+. The van der Waals surface area contributed by atoms with Crippen LogP contribution in [-0.4, -0.2) is 28.9 Å². The first kappa shape index (κ1) is 23.1. The topological polar surface area (TPSA) is 69.7 Å². The quantitative estimate of drug-likeness (QED) is 0.351. The Morgan fingerprint density at radius 2 is 1.16 bits per heavy atom. The number of allylic oxidation sites excluding steroid dienone is 2. The lowest BCUT2D eigenvalue weighted by atomic mass is 10.1. The van der Waals surface area contributed by atoms with Crippen LogP contribution in [0.1, 0.15) is 73.6 Å². The van der Waals surface area contributed by atoms with E-state index in [0.29, 0.717) is 32.1 Å². The van der Waals surface area contributed by atoms with Crippen molar-refractivity contribution in [3.8, 4) is 0 Å². The Balaban J connectivity index is 3.85. The van der Waals surface area contributed by atoms with Crippen molar-refractivity contribution in [1.82, 2.24) is 0 Å². The van der Waals surface area contributed by atoms with Crippen LogP contribution >= 0.6 is 0 Å². The monoisotopic (exact) mass is 352 g/mol. The van der Waals surface area contributed by atoms with E-state index in [1.807, 2.05) is 20.8 Å². The minimum atomic E-state index is -0.510. The predicted octanol–water partition coefficient (Wildman–Crippen LogP) is 4.30. The minimum absolute atomic E-state index is 0.138. The Morgan fingerprint density at radius 1 is 0.720 bits per heavy atom. The van der Waals surface area contributed by atoms with Gasteiger partial charge in [-0.2, -0.15) is 0 Å². The summed E-state index contributed by atoms with van der Waals surface area (Å²) in [6.45, 7) is 10.9. The van der Waals surface area contributed by atoms with Crippen molar-refractivity contribution in [2.45, 2.75) is 84.8 Å². The summed E-state index contributed by atoms with van der Waals surface area (Å²) in [6.07, 6.45) is 8.87. The lowest BCUT2D eigenvalue weighted by Gasteiger charge is -2.17. The van der Waals surface area contributed by atoms with Crippen molar-refractivity contribution in [3.05, 3.63) is 24.3 Å². The highest BCUT2D eigenvalue weighted by Gasteiger charge is 2.14. The fourth-order valence-corrected chi connectivity index (χ4v) is 1.82. The molecule has 0 atom stereocenters. The highest BCUT2D eigenvalue weighted by molar-refractivity contribution is 5.83. The second-order valence-electron chi connectivity index (χ2n) is 7.84. The minimum Gasteiger partial charge on any atom is -0.457 e. The van der Waals surface area contributed by atoms with Crippen LogP contribution < -0.4 is 0 Å². The van der Waals surface area contributed by atoms with Crippen LogP contribution in [0.15, 0.2) is 24.3 Å². The van der Waals surface area contributed by atoms with E-state index in [1.165, 1.54) is 12.2 Å². The summed E-state index contributed by atoms with van der Waals surface area (Å²) in [6, 6.07) is 0. The van der Waals surface area contributed by atoms with Crippen LogP contribution in [0.4, 0.5) is 0 Å². The lowest BCUT2D eigenvalue weighted by Crippen LogP contribution is -2.22. The van der Waals surface area contributed by atoms with Gasteiger partial charge in [0, 0.05) is 25.0 Å². The number of esters is 2. The van der Waals surface area contributed by atoms with Gasteiger partial charge in [-0.05, 0) is 60.8 Å². The van der Waals surface area contributed by atoms with Crippen LogP contribution in [0, 0.1) is 0 Å². The Hall–Kier alpha value is -1.91. The third-order valence-corrected chi connectivity index (χ3v) is 2.74. The number of ketones is 1. The zero-order valence-corrected chi connectivity index (χ0v) is 16.4. The number of unbranched alkanes of at least 4 members (excludes halogenated alkanes) is 1. The predicted molar refractivity (Wildman–Crippen MR) is 98.1 cm³/mol. The molecule has 0 heterocycles. The number of carbonyl (C=O) groups is 3. The Kier molecular flexibility index (Phi) is 10.0. The van der Waals surface area contributed by atoms with Crippen LogP contribution in [0.2, 0.25) is 0 Å². The zero-order chi connectivity index (χ0) is 19.5. The molecule has 0 aromatic heterocycles. The summed E-state index contributed by atoms with van der Waals surface area (Å²) < 4.78 is 10.3. The second-order valence-corrected chi connectivity index (χ2v) is 7.84. The van der Waals surface area contributed by atoms with Crippen LogP contribution in [0.3, 0.4) is 0 Å². The van der Waals surface area contributed by atoms with Crippen molar-refractivity contribution in [1.29, 1.82) is 0 Å². The largest absolute Gasteiger partial charge is 0.457 e. The summed E-state index contributed by atoms with van der Waals surface area (Å²) in [5.74, 6) is -0.627. The third kappa shape index (κ3) is 16.7. The van der Waals surface area contributed by atoms with Gasteiger partial charge >= 0.3 is 11.9 Å². The van der Waals surface area contributed by atoms with Crippen LogP contribution in [-0.2, 0) is 23.9 Å². The summed E-state index contributed by atoms with van der Waals surface area (Å²) in [5, 5.41) is 0. The molecule has 0 aliphatic carbocycles. The van der Waals surface area contributed by atoms with Crippen molar-refractivity contribution in [3.63, 3.8) is 0 Å². The zero-order valence-electron chi connectivity index (χ0n) is 16.4. The maximum absolute atomic E-state index is 11.7. The van der Waals surface area contributed by atoms with Crippen molar-refractivity contribution < 1.29 is 23.9 Å². The number of hydrogen-bond donors (Lipinski definition) is 0. The van der Waals surface area contributed by atoms with Gasteiger partial charge < -0.3 is 9.47 Å². The van der Waals surface area contributed by atoms with Gasteiger partial charge in [-0.1, -0.05) is 12.2 Å². The summed E-state index contributed by atoms with van der Waals surface area (Å²) in [7, 11) is 0. The molecule has 0 radical (unpaired) electrons. The molecule has 0 unspecified atom stereocenters. The van der Waals surface area contributed by atoms with Crippen LogP contribution in [0.25, 0.3) is 0 Å². The van der Waals surface area contributed by atoms with E-state index in [-0.39, 0.29) is 11.8 Å². The molecule has 0 N–H and O–H groups in total. The normalized spacial score (nSPS) is 12.6. The van der Waals surface area contributed by atoms with Gasteiger partial charge in [-0.15, -0.1) is 0 Å². The highest BCUT2D eigenvalue weighted by Crippen LogP contribution is 2.09. The van der Waals surface area contributed by atoms with Gasteiger partial charge in [0.05, 0.1) is 0 Å². The molecule has 0 amide bonds. The first-order chi connectivity index (χ1) is 11.4. The first-order valence-corrected chi connectivity index (χ1v) is 8.70. The molecular weight excluding hydrogens is 320 g/mol. The molecule has 142 valence electrons. The molecule has 0 bridgehead atoms. The summed E-state index contributed by atoms with van der Waals surface area (Å²) >= 11 is 0. The van der Waals surface area contributed by atoms with E-state index in [4.69, 9.17) is 9.47 Å². The highest BCUT2D eigenvalue weighted by atomic mass is 16.6. The van der Waals surface area contributed by atoms with Gasteiger partial charge in [0.1, 0.15) is 17.0 Å². The molecule has 5 nitrogen and oxygen atoms in total. The van der Waals surface area contributed by atoms with Gasteiger partial charge in [-0.3, -0.25) is 4.79 Å². The molecule has 0 saturated heterocycles.